The Bertz CT molecular complexity index is 719. The topological polar surface area (TPSA) is 58.2 Å². The van der Waals surface area contributed by atoms with Crippen LogP contribution in [0.15, 0.2) is 54.6 Å². The number of carbonyl (C=O) groups excluding carboxylic acids is 2. The van der Waals surface area contributed by atoms with Gasteiger partial charge in [0.25, 0.3) is 5.91 Å². The smallest absolute Gasteiger partial charge is 0.251 e. The van der Waals surface area contributed by atoms with E-state index in [2.05, 4.69) is 10.6 Å². The van der Waals surface area contributed by atoms with Crippen LogP contribution in [0.4, 0.5) is 0 Å². The van der Waals surface area contributed by atoms with E-state index >= 15 is 0 Å². The second-order valence-corrected chi connectivity index (χ2v) is 7.19. The lowest BCUT2D eigenvalue weighted by Gasteiger charge is -2.18. The third-order valence-corrected chi connectivity index (χ3v) is 4.71. The zero-order valence-corrected chi connectivity index (χ0v) is 16.1. The molecule has 1 atom stereocenters. The second-order valence-electron chi connectivity index (χ2n) is 6.20. The van der Waals surface area contributed by atoms with E-state index in [4.69, 9.17) is 0 Å². The summed E-state index contributed by atoms with van der Waals surface area (Å²) in [6, 6.07) is 16.9. The minimum absolute atomic E-state index is 0.129. The van der Waals surface area contributed by atoms with E-state index in [1.807, 2.05) is 61.7 Å². The standard InChI is InChI=1S/C21H26N2O2S/c1-16-7-6-10-18(15-16)20(24)23-19(12-14-26-2)21(25)22-13-11-17-8-4-3-5-9-17/h3-10,15,19H,11-14H2,1-2H3,(H,22,25)(H,23,24). The molecule has 0 aromatic heterocycles. The minimum atomic E-state index is -0.522. The van der Waals surface area contributed by atoms with Crippen LogP contribution in [-0.2, 0) is 11.2 Å². The molecule has 26 heavy (non-hydrogen) atoms. The van der Waals surface area contributed by atoms with Gasteiger partial charge in [0, 0.05) is 12.1 Å². The number of carbonyl (C=O) groups is 2. The molecule has 138 valence electrons. The van der Waals surface area contributed by atoms with Crippen LogP contribution in [0.25, 0.3) is 0 Å². The van der Waals surface area contributed by atoms with Gasteiger partial charge in [-0.2, -0.15) is 11.8 Å². The SMILES string of the molecule is CSCCC(NC(=O)c1cccc(C)c1)C(=O)NCCc1ccccc1. The van der Waals surface area contributed by atoms with Crippen LogP contribution in [0.1, 0.15) is 27.9 Å². The van der Waals surface area contributed by atoms with Crippen molar-refractivity contribution in [2.45, 2.75) is 25.8 Å². The molecule has 2 N–H and O–H groups in total. The number of hydrogen-bond acceptors (Lipinski definition) is 3. The molecule has 1 unspecified atom stereocenters. The van der Waals surface area contributed by atoms with Gasteiger partial charge in [0.05, 0.1) is 0 Å². The van der Waals surface area contributed by atoms with E-state index in [1.165, 1.54) is 5.56 Å². The number of thioether (sulfide) groups is 1. The van der Waals surface area contributed by atoms with Gasteiger partial charge in [0.2, 0.25) is 5.91 Å². The third-order valence-electron chi connectivity index (χ3n) is 4.07. The third kappa shape index (κ3) is 6.56. The van der Waals surface area contributed by atoms with Gasteiger partial charge < -0.3 is 10.6 Å². The van der Waals surface area contributed by atoms with Crippen LogP contribution in [-0.4, -0.2) is 36.4 Å². The first-order valence-electron chi connectivity index (χ1n) is 8.78. The van der Waals surface area contributed by atoms with Gasteiger partial charge in [0.1, 0.15) is 6.04 Å². The average Bonchev–Trinajstić information content (AvgIpc) is 2.65. The number of rotatable bonds is 9. The van der Waals surface area contributed by atoms with Crippen LogP contribution in [0.3, 0.4) is 0 Å². The Morgan fingerprint density at radius 3 is 2.54 bits per heavy atom. The predicted octanol–water partition coefficient (Wildman–Crippen LogP) is 3.21. The van der Waals surface area contributed by atoms with Crippen molar-refractivity contribution in [2.75, 3.05) is 18.6 Å². The average molecular weight is 371 g/mol. The molecule has 0 aliphatic carbocycles. The van der Waals surface area contributed by atoms with Gasteiger partial charge in [-0.1, -0.05) is 48.0 Å². The fraction of sp³-hybridized carbons (Fsp3) is 0.333. The summed E-state index contributed by atoms with van der Waals surface area (Å²) in [6.45, 7) is 2.50. The maximum atomic E-state index is 12.5. The van der Waals surface area contributed by atoms with Gasteiger partial charge >= 0.3 is 0 Å². The maximum absolute atomic E-state index is 12.5. The largest absolute Gasteiger partial charge is 0.354 e. The number of benzene rings is 2. The van der Waals surface area contributed by atoms with Gasteiger partial charge in [-0.15, -0.1) is 0 Å². The highest BCUT2D eigenvalue weighted by Crippen LogP contribution is 2.07. The summed E-state index contributed by atoms with van der Waals surface area (Å²) in [6.07, 6.45) is 3.37. The van der Waals surface area contributed by atoms with Crippen molar-refractivity contribution in [3.05, 3.63) is 71.3 Å². The molecule has 0 saturated heterocycles. The van der Waals surface area contributed by atoms with Gasteiger partial charge in [-0.25, -0.2) is 0 Å². The van der Waals surface area contributed by atoms with Crippen LogP contribution in [0.5, 0.6) is 0 Å². The van der Waals surface area contributed by atoms with Crippen LogP contribution in [0.2, 0.25) is 0 Å². The Morgan fingerprint density at radius 2 is 1.85 bits per heavy atom. The number of amides is 2. The molecule has 2 amide bonds. The molecule has 0 aliphatic rings. The molecule has 5 heteroatoms. The highest BCUT2D eigenvalue weighted by atomic mass is 32.2. The van der Waals surface area contributed by atoms with E-state index in [-0.39, 0.29) is 11.8 Å². The lowest BCUT2D eigenvalue weighted by Crippen LogP contribution is -2.47. The zero-order valence-electron chi connectivity index (χ0n) is 15.3. The quantitative estimate of drug-likeness (QED) is 0.713. The fourth-order valence-electron chi connectivity index (χ4n) is 2.63. The molecule has 0 radical (unpaired) electrons. The van der Waals surface area contributed by atoms with E-state index in [0.717, 1.165) is 17.7 Å². The molecular weight excluding hydrogens is 344 g/mol. The molecule has 0 aliphatic heterocycles. The first-order chi connectivity index (χ1) is 12.6. The Labute approximate surface area is 159 Å². The molecule has 0 spiro atoms. The van der Waals surface area contributed by atoms with Crippen molar-refractivity contribution in [1.82, 2.24) is 10.6 Å². The summed E-state index contributed by atoms with van der Waals surface area (Å²) >= 11 is 1.66. The van der Waals surface area contributed by atoms with Crippen molar-refractivity contribution < 1.29 is 9.59 Å². The van der Waals surface area contributed by atoms with E-state index in [9.17, 15) is 9.59 Å². The normalized spacial score (nSPS) is 11.6. The molecule has 2 aromatic rings. The lowest BCUT2D eigenvalue weighted by molar-refractivity contribution is -0.122. The molecule has 0 heterocycles. The lowest BCUT2D eigenvalue weighted by atomic mass is 10.1. The van der Waals surface area contributed by atoms with Gasteiger partial charge in [0.15, 0.2) is 0 Å². The Hall–Kier alpha value is -2.27. The first kappa shape index (κ1) is 20.0. The molecular formula is C21H26N2O2S. The Balaban J connectivity index is 1.92. The molecule has 2 rings (SSSR count). The van der Waals surface area contributed by atoms with E-state index in [1.54, 1.807) is 17.8 Å². The number of nitrogens with one attached hydrogen (secondary N) is 2. The monoisotopic (exact) mass is 370 g/mol. The van der Waals surface area contributed by atoms with Crippen molar-refractivity contribution in [1.29, 1.82) is 0 Å². The molecule has 4 nitrogen and oxygen atoms in total. The summed E-state index contributed by atoms with van der Waals surface area (Å²) in [5.74, 6) is 0.471. The number of hydrogen-bond donors (Lipinski definition) is 2. The van der Waals surface area contributed by atoms with E-state index in [0.29, 0.717) is 18.5 Å². The first-order valence-corrected chi connectivity index (χ1v) is 10.2. The minimum Gasteiger partial charge on any atom is -0.354 e. The van der Waals surface area contributed by atoms with Crippen molar-refractivity contribution in [3.8, 4) is 0 Å². The molecule has 0 bridgehead atoms. The van der Waals surface area contributed by atoms with Crippen LogP contribution >= 0.6 is 11.8 Å². The molecule has 0 fully saturated rings. The van der Waals surface area contributed by atoms with E-state index < -0.39 is 6.04 Å². The highest BCUT2D eigenvalue weighted by Gasteiger charge is 2.20. The molecule has 2 aromatic carbocycles. The van der Waals surface area contributed by atoms with Crippen LogP contribution in [0, 0.1) is 6.92 Å². The summed E-state index contributed by atoms with van der Waals surface area (Å²) in [7, 11) is 0. The Morgan fingerprint density at radius 1 is 1.08 bits per heavy atom. The fourth-order valence-corrected chi connectivity index (χ4v) is 3.10. The van der Waals surface area contributed by atoms with Gasteiger partial charge in [-0.3, -0.25) is 9.59 Å². The van der Waals surface area contributed by atoms with Crippen LogP contribution < -0.4 is 10.6 Å². The molecule has 0 saturated carbocycles. The maximum Gasteiger partial charge on any atom is 0.251 e. The summed E-state index contributed by atoms with van der Waals surface area (Å²) < 4.78 is 0. The highest BCUT2D eigenvalue weighted by molar-refractivity contribution is 7.98. The van der Waals surface area contributed by atoms with Gasteiger partial charge in [-0.05, 0) is 49.5 Å². The number of aryl methyl sites for hydroxylation is 1. The van der Waals surface area contributed by atoms with Crippen molar-refractivity contribution in [3.63, 3.8) is 0 Å². The zero-order chi connectivity index (χ0) is 18.8. The van der Waals surface area contributed by atoms with Crippen molar-refractivity contribution in [2.24, 2.45) is 0 Å². The predicted molar refractivity (Wildman–Crippen MR) is 109 cm³/mol. The second kappa shape index (κ2) is 10.7. The Kier molecular flexibility index (Phi) is 8.22. The summed E-state index contributed by atoms with van der Waals surface area (Å²) in [5.41, 5.74) is 2.78. The summed E-state index contributed by atoms with van der Waals surface area (Å²) in [4.78, 5) is 25.0. The summed E-state index contributed by atoms with van der Waals surface area (Å²) in [5, 5.41) is 5.82. The van der Waals surface area contributed by atoms with Crippen molar-refractivity contribution >= 4 is 23.6 Å².